The molecular formula is C23H24N2. The molecule has 2 aromatic carbocycles. The second kappa shape index (κ2) is 6.27. The smallest absolute Gasteiger partial charge is 0.0622 e. The van der Waals surface area contributed by atoms with E-state index >= 15 is 0 Å². The van der Waals surface area contributed by atoms with Gasteiger partial charge in [-0.05, 0) is 54.2 Å². The Balaban J connectivity index is 1.47. The first-order valence-electron chi connectivity index (χ1n) is 9.50. The zero-order valence-electron chi connectivity index (χ0n) is 14.6. The Morgan fingerprint density at radius 3 is 2.60 bits per heavy atom. The minimum atomic E-state index is 0.651. The van der Waals surface area contributed by atoms with Crippen LogP contribution in [0.3, 0.4) is 0 Å². The maximum Gasteiger partial charge on any atom is 0.0622 e. The zero-order chi connectivity index (χ0) is 16.6. The fourth-order valence-electron chi connectivity index (χ4n) is 4.80. The van der Waals surface area contributed by atoms with Crippen LogP contribution in [0, 0.1) is 5.92 Å². The van der Waals surface area contributed by atoms with Crippen molar-refractivity contribution < 1.29 is 0 Å². The van der Waals surface area contributed by atoms with Crippen LogP contribution in [-0.4, -0.2) is 22.5 Å². The van der Waals surface area contributed by atoms with E-state index in [4.69, 9.17) is 4.98 Å². The number of hydrogen-bond donors (Lipinski definition) is 0. The second-order valence-electron chi connectivity index (χ2n) is 7.68. The summed E-state index contributed by atoms with van der Waals surface area (Å²) in [5.74, 6) is 0.785. The highest BCUT2D eigenvalue weighted by Crippen LogP contribution is 2.33. The van der Waals surface area contributed by atoms with Gasteiger partial charge >= 0.3 is 0 Å². The Bertz CT molecular complexity index is 896. The standard InChI is InChI=1S/C23H24N2/c1-2-7-20-14-21-10-9-17(13-19(20)6-1)15-25(21)16-23-22-8-4-3-5-18(22)11-12-24-23/h1-8,11-12,17,21H,9-10,13-16H2/t17-,21+/m0/s1. The molecule has 6 rings (SSSR count). The number of fused-ring (bicyclic) bond motifs is 3. The summed E-state index contributed by atoms with van der Waals surface area (Å²) >= 11 is 0. The number of piperidine rings is 1. The number of hydrogen-bond acceptors (Lipinski definition) is 2. The third kappa shape index (κ3) is 2.85. The van der Waals surface area contributed by atoms with E-state index in [1.165, 1.54) is 48.7 Å². The van der Waals surface area contributed by atoms with Gasteiger partial charge in [0.05, 0.1) is 5.69 Å². The van der Waals surface area contributed by atoms with Crippen LogP contribution < -0.4 is 0 Å². The molecule has 2 bridgehead atoms. The Morgan fingerprint density at radius 2 is 1.68 bits per heavy atom. The van der Waals surface area contributed by atoms with E-state index in [0.29, 0.717) is 6.04 Å². The summed E-state index contributed by atoms with van der Waals surface area (Å²) in [6.07, 6.45) is 7.09. The molecule has 0 N–H and O–H groups in total. The van der Waals surface area contributed by atoms with Crippen molar-refractivity contribution in [1.29, 1.82) is 0 Å². The number of benzene rings is 2. The molecule has 0 spiro atoms. The Hall–Kier alpha value is -2.19. The van der Waals surface area contributed by atoms with Crippen LogP contribution in [-0.2, 0) is 19.4 Å². The summed E-state index contributed by atoms with van der Waals surface area (Å²) in [6.45, 7) is 2.19. The molecule has 126 valence electrons. The summed E-state index contributed by atoms with van der Waals surface area (Å²) in [4.78, 5) is 7.45. The van der Waals surface area contributed by atoms with Gasteiger partial charge in [0.2, 0.25) is 0 Å². The average Bonchev–Trinajstić information content (AvgIpc) is 2.63. The van der Waals surface area contributed by atoms with E-state index in [2.05, 4.69) is 59.5 Å². The molecule has 1 saturated heterocycles. The Morgan fingerprint density at radius 1 is 0.880 bits per heavy atom. The molecule has 3 aromatic rings. The fourth-order valence-corrected chi connectivity index (χ4v) is 4.80. The molecule has 3 heterocycles. The molecule has 0 saturated carbocycles. The molecule has 0 unspecified atom stereocenters. The van der Waals surface area contributed by atoms with Gasteiger partial charge in [0, 0.05) is 30.7 Å². The van der Waals surface area contributed by atoms with Crippen molar-refractivity contribution in [2.24, 2.45) is 5.92 Å². The largest absolute Gasteiger partial charge is 0.294 e. The molecule has 2 nitrogen and oxygen atoms in total. The van der Waals surface area contributed by atoms with Gasteiger partial charge in [0.15, 0.2) is 0 Å². The van der Waals surface area contributed by atoms with Crippen molar-refractivity contribution in [3.05, 3.63) is 77.6 Å². The minimum absolute atomic E-state index is 0.651. The van der Waals surface area contributed by atoms with Gasteiger partial charge in [-0.1, -0.05) is 48.5 Å². The van der Waals surface area contributed by atoms with Crippen LogP contribution in [0.4, 0.5) is 0 Å². The van der Waals surface area contributed by atoms with E-state index in [0.717, 1.165) is 12.5 Å². The molecule has 2 atom stereocenters. The number of pyridine rings is 1. The van der Waals surface area contributed by atoms with Gasteiger partial charge in [-0.25, -0.2) is 0 Å². The quantitative estimate of drug-likeness (QED) is 0.683. The van der Waals surface area contributed by atoms with Crippen LogP contribution in [0.1, 0.15) is 29.7 Å². The molecular weight excluding hydrogens is 304 g/mol. The van der Waals surface area contributed by atoms with E-state index < -0.39 is 0 Å². The van der Waals surface area contributed by atoms with Crippen molar-refractivity contribution >= 4 is 10.8 Å². The lowest BCUT2D eigenvalue weighted by atomic mass is 9.80. The summed E-state index contributed by atoms with van der Waals surface area (Å²) in [6, 6.07) is 20.5. The zero-order valence-corrected chi connectivity index (χ0v) is 14.6. The average molecular weight is 328 g/mol. The lowest BCUT2D eigenvalue weighted by molar-refractivity contribution is 0.0930. The lowest BCUT2D eigenvalue weighted by Gasteiger charge is -2.42. The van der Waals surface area contributed by atoms with Gasteiger partial charge in [0.25, 0.3) is 0 Å². The van der Waals surface area contributed by atoms with E-state index in [1.54, 1.807) is 11.1 Å². The molecule has 0 radical (unpaired) electrons. The highest BCUT2D eigenvalue weighted by molar-refractivity contribution is 5.84. The second-order valence-corrected chi connectivity index (χ2v) is 7.68. The summed E-state index contributed by atoms with van der Waals surface area (Å²) in [5.41, 5.74) is 4.38. The van der Waals surface area contributed by atoms with Crippen molar-refractivity contribution in [3.63, 3.8) is 0 Å². The van der Waals surface area contributed by atoms with Crippen molar-refractivity contribution in [1.82, 2.24) is 9.88 Å². The van der Waals surface area contributed by atoms with Gasteiger partial charge in [0.1, 0.15) is 0 Å². The first-order chi connectivity index (χ1) is 12.4. The van der Waals surface area contributed by atoms with E-state index in [9.17, 15) is 0 Å². The third-order valence-electron chi connectivity index (χ3n) is 6.11. The first kappa shape index (κ1) is 15.1. The summed E-state index contributed by atoms with van der Waals surface area (Å²) in [5, 5.41) is 2.61. The highest BCUT2D eigenvalue weighted by atomic mass is 15.2. The van der Waals surface area contributed by atoms with E-state index in [1.807, 2.05) is 6.20 Å². The minimum Gasteiger partial charge on any atom is -0.294 e. The van der Waals surface area contributed by atoms with Crippen LogP contribution in [0.25, 0.3) is 10.8 Å². The monoisotopic (exact) mass is 328 g/mol. The number of nitrogens with zero attached hydrogens (tertiary/aromatic N) is 2. The fraction of sp³-hybridized carbons (Fsp3) is 0.348. The molecule has 1 aromatic heterocycles. The molecule has 2 aliphatic heterocycles. The van der Waals surface area contributed by atoms with Crippen molar-refractivity contribution in [3.8, 4) is 0 Å². The predicted molar refractivity (Wildman–Crippen MR) is 103 cm³/mol. The number of rotatable bonds is 2. The molecule has 25 heavy (non-hydrogen) atoms. The summed E-state index contributed by atoms with van der Waals surface area (Å²) < 4.78 is 0. The lowest BCUT2D eigenvalue weighted by Crippen LogP contribution is -2.46. The van der Waals surface area contributed by atoms with Gasteiger partial charge in [-0.3, -0.25) is 9.88 Å². The van der Waals surface area contributed by atoms with Crippen molar-refractivity contribution in [2.45, 2.75) is 38.3 Å². The van der Waals surface area contributed by atoms with Crippen LogP contribution in [0.5, 0.6) is 0 Å². The Kier molecular flexibility index (Phi) is 3.79. The van der Waals surface area contributed by atoms with Gasteiger partial charge < -0.3 is 0 Å². The van der Waals surface area contributed by atoms with Crippen LogP contribution >= 0.6 is 0 Å². The Labute approximate surface area is 149 Å². The molecule has 3 aliphatic rings. The van der Waals surface area contributed by atoms with Crippen LogP contribution in [0.2, 0.25) is 0 Å². The molecule has 0 amide bonds. The third-order valence-corrected chi connectivity index (χ3v) is 6.11. The SMILES string of the molecule is c1ccc2c(c1)C[C@@H]1CC[C@H](C2)N(Cc2nccc3ccccc23)C1. The maximum atomic E-state index is 4.74. The highest BCUT2D eigenvalue weighted by Gasteiger charge is 2.32. The molecule has 2 heteroatoms. The van der Waals surface area contributed by atoms with Gasteiger partial charge in [-0.2, -0.15) is 0 Å². The van der Waals surface area contributed by atoms with Gasteiger partial charge in [-0.15, -0.1) is 0 Å². The topological polar surface area (TPSA) is 16.1 Å². The molecule has 1 fully saturated rings. The van der Waals surface area contributed by atoms with E-state index in [-0.39, 0.29) is 0 Å². The van der Waals surface area contributed by atoms with Crippen molar-refractivity contribution in [2.75, 3.05) is 6.54 Å². The number of aromatic nitrogens is 1. The predicted octanol–water partition coefficient (Wildman–Crippen LogP) is 4.61. The summed E-state index contributed by atoms with van der Waals surface area (Å²) in [7, 11) is 0. The first-order valence-corrected chi connectivity index (χ1v) is 9.50. The van der Waals surface area contributed by atoms with Crippen LogP contribution in [0.15, 0.2) is 60.8 Å². The molecule has 1 aliphatic carbocycles. The normalized spacial score (nSPS) is 23.2. The maximum absolute atomic E-state index is 4.74.